The lowest BCUT2D eigenvalue weighted by Crippen LogP contribution is -2.81. The molecule has 5 N–H and O–H groups in total. The van der Waals surface area contributed by atoms with Crippen molar-refractivity contribution in [3.8, 4) is 5.75 Å². The number of fused-ring (bicyclic) bond motifs is 5. The zero-order valence-electron chi connectivity index (χ0n) is 55.3. The van der Waals surface area contributed by atoms with Gasteiger partial charge in [0.05, 0.1) is 53.8 Å². The lowest BCUT2D eigenvalue weighted by atomic mass is 9.44. The average molecular weight is 1370 g/mol. The van der Waals surface area contributed by atoms with Gasteiger partial charge < -0.3 is 54.4 Å². The molecule has 97 heavy (non-hydrogen) atoms. The normalized spacial score (nSPS) is 27.1. The molecule has 22 nitrogen and oxygen atoms in total. The van der Waals surface area contributed by atoms with Gasteiger partial charge in [0.15, 0.2) is 11.4 Å². The van der Waals surface area contributed by atoms with Crippen LogP contribution in [0, 0.1) is 28.6 Å². The van der Waals surface area contributed by atoms with E-state index >= 15 is 14.4 Å². The van der Waals surface area contributed by atoms with Crippen molar-refractivity contribution in [1.29, 1.82) is 0 Å². The Hall–Kier alpha value is -8.26. The summed E-state index contributed by atoms with van der Waals surface area (Å²) in [5.74, 6) is -8.67. The maximum absolute atomic E-state index is 15.8. The molecule has 3 amide bonds. The molecule has 514 valence electrons. The van der Waals surface area contributed by atoms with Gasteiger partial charge in [0.1, 0.15) is 46.8 Å². The summed E-state index contributed by atoms with van der Waals surface area (Å²) in [5.41, 5.74) is -6.57. The second kappa shape index (κ2) is 30.7. The van der Waals surface area contributed by atoms with Crippen LogP contribution in [0.2, 0.25) is 0 Å². The van der Waals surface area contributed by atoms with Gasteiger partial charge in [-0.2, -0.15) is 5.10 Å². The van der Waals surface area contributed by atoms with E-state index in [2.05, 4.69) is 20.7 Å². The fraction of sp³-hybridized carbons (Fsp3) is 0.452. The number of nitrogens with one attached hydrogen (secondary N) is 2. The molecule has 2 bridgehead atoms. The van der Waals surface area contributed by atoms with Gasteiger partial charge in [-0.05, 0) is 134 Å². The molecule has 2 heterocycles. The minimum Gasteiger partial charge on any atom is -0.494 e. The van der Waals surface area contributed by atoms with E-state index in [-0.39, 0.29) is 54.0 Å². The first-order chi connectivity index (χ1) is 46.4. The van der Waals surface area contributed by atoms with Crippen LogP contribution in [0.15, 0.2) is 161 Å². The zero-order valence-corrected chi connectivity index (χ0v) is 56.9. The molecule has 5 aliphatic rings. The third-order valence-corrected chi connectivity index (χ3v) is 22.1. The Balaban J connectivity index is 0.916. The van der Waals surface area contributed by atoms with Crippen molar-refractivity contribution in [2.45, 2.75) is 152 Å². The van der Waals surface area contributed by atoms with Gasteiger partial charge in [-0.3, -0.25) is 28.8 Å². The van der Waals surface area contributed by atoms with Crippen molar-refractivity contribution in [3.05, 3.63) is 173 Å². The zero-order chi connectivity index (χ0) is 69.4. The monoisotopic (exact) mass is 1370 g/mol. The van der Waals surface area contributed by atoms with E-state index in [9.17, 15) is 39.3 Å². The smallest absolute Gasteiger partial charge is 0.350 e. The van der Waals surface area contributed by atoms with E-state index in [0.717, 1.165) is 17.7 Å². The van der Waals surface area contributed by atoms with Crippen LogP contribution in [0.3, 0.4) is 0 Å². The highest BCUT2D eigenvalue weighted by Gasteiger charge is 2.78. The fourth-order valence-corrected chi connectivity index (χ4v) is 16.4. The highest BCUT2D eigenvalue weighted by Crippen LogP contribution is 2.64. The molecule has 5 aromatic rings. The maximum atomic E-state index is 15.8. The minimum atomic E-state index is -2.50. The Kier molecular flexibility index (Phi) is 22.6. The van der Waals surface area contributed by atoms with Crippen molar-refractivity contribution in [2.24, 2.45) is 33.7 Å². The van der Waals surface area contributed by atoms with Crippen LogP contribution >= 0.6 is 21.6 Å². The van der Waals surface area contributed by atoms with Gasteiger partial charge in [0.2, 0.25) is 17.9 Å². The number of aliphatic hydroxyl groups excluding tert-OH is 2. The standard InChI is InChI=1S/C73H83N5O17S2/c1-43-53(41-73(89)64(94-67(86)49-26-15-10-16-27-49)62-71(6,63(83)60(82)58(43)70(73,4)5)54(80)40-55-72(62,42-91-55)95-45(3)79)92-69(88)61(59(47-22-11-8-12-23-47)76-65(84)48-24-13-9-14-25-48)93-68(87)52-29-18-17-28-51(52)66(85)78(7)77-44(2)46-32-34-50(35-33-46)90-38-21-30-56(81)74-37-39-96-97-57-31-19-20-36-75-57/h8-16,19-20,22-27,31-36,51-55,59-62,64,80,82,89H,17-18,21,28-30,37-42H2,1-7H3,(H,74,81)(H,76,84)/b77-44+/t51?,52?,53-,54-,55+,59-,60+,61+,62-,64-,71+,72-,73-/m0/s1. The summed E-state index contributed by atoms with van der Waals surface area (Å²) in [6.07, 6.45) is -7.24. The molecule has 0 radical (unpaired) electrons. The number of hydrogen-bond acceptors (Lipinski definition) is 21. The average Bonchev–Trinajstić information content (AvgIpc) is 0.671. The number of hydrogen-bond donors (Lipinski definition) is 5. The number of esters is 4. The Bertz CT molecular complexity index is 3750. The van der Waals surface area contributed by atoms with Crippen LogP contribution in [-0.2, 0) is 52.5 Å². The molecule has 13 atom stereocenters. The van der Waals surface area contributed by atoms with E-state index in [1.807, 2.05) is 18.2 Å². The number of aromatic nitrogens is 1. The second-order valence-corrected chi connectivity index (χ2v) is 28.6. The largest absolute Gasteiger partial charge is 0.494 e. The van der Waals surface area contributed by atoms with Gasteiger partial charge in [0.25, 0.3) is 5.91 Å². The van der Waals surface area contributed by atoms with E-state index < -0.39 is 130 Å². The van der Waals surface area contributed by atoms with Gasteiger partial charge in [-0.15, -0.1) is 0 Å². The Morgan fingerprint density at radius 1 is 0.814 bits per heavy atom. The molecule has 1 saturated heterocycles. The molecule has 4 fully saturated rings. The summed E-state index contributed by atoms with van der Waals surface area (Å²) in [6.45, 7) is 9.31. The van der Waals surface area contributed by atoms with Crippen LogP contribution in [-0.4, -0.2) is 159 Å². The number of ketones is 1. The fourth-order valence-electron chi connectivity index (χ4n) is 14.6. The number of benzene rings is 4. The number of ether oxygens (including phenoxy) is 6. The van der Waals surface area contributed by atoms with E-state index in [0.29, 0.717) is 61.4 Å². The molecular formula is C73H83N5O17S2. The molecular weight excluding hydrogens is 1280 g/mol. The molecule has 4 aliphatic carbocycles. The third kappa shape index (κ3) is 15.1. The van der Waals surface area contributed by atoms with Crippen LogP contribution in [0.1, 0.15) is 131 Å². The lowest BCUT2D eigenvalue weighted by molar-refractivity contribution is -0.346. The van der Waals surface area contributed by atoms with E-state index in [1.54, 1.807) is 138 Å². The molecule has 1 aromatic heterocycles. The number of amides is 3. The molecule has 24 heteroatoms. The summed E-state index contributed by atoms with van der Waals surface area (Å²) < 4.78 is 37.5. The van der Waals surface area contributed by atoms with Crippen LogP contribution in [0.4, 0.5) is 0 Å². The molecule has 2 unspecified atom stereocenters. The summed E-state index contributed by atoms with van der Waals surface area (Å²) in [4.78, 5) is 120. The molecule has 10 rings (SSSR count). The first kappa shape index (κ1) is 71.5. The molecule has 0 spiro atoms. The predicted octanol–water partition coefficient (Wildman–Crippen LogP) is 8.52. The van der Waals surface area contributed by atoms with Crippen molar-refractivity contribution in [2.75, 3.05) is 32.6 Å². The SMILES string of the molecule is CC(=O)O[C@@]12CO[C@@H]1C[C@H](O)[C@@]1(C)C(=O)[C@H](O)C3=C(C)[C@@H](OC(=O)[C@H](OC(=O)C4CCCCC4C(=O)N(C)/N=C(\C)c4ccc(OCCCC(=O)NCCSSc5ccccn5)cc4)[C@@H](NC(=O)c4ccccc4)c4ccccc4)C[C@](O)([C@@H](OC(=O)c4ccccc4)[C@H]21)C3(C)C. The van der Waals surface area contributed by atoms with Crippen molar-refractivity contribution in [1.82, 2.24) is 20.6 Å². The summed E-state index contributed by atoms with van der Waals surface area (Å²) in [5, 5.41) is 51.5. The van der Waals surface area contributed by atoms with Crippen molar-refractivity contribution < 1.29 is 82.1 Å². The number of nitrogens with zero attached hydrogens (tertiary/aromatic N) is 3. The molecule has 1 aliphatic heterocycles. The van der Waals surface area contributed by atoms with Crippen molar-refractivity contribution >= 4 is 74.7 Å². The lowest BCUT2D eigenvalue weighted by Gasteiger charge is -2.67. The van der Waals surface area contributed by atoms with Crippen LogP contribution < -0.4 is 15.4 Å². The Morgan fingerprint density at radius 2 is 1.46 bits per heavy atom. The highest BCUT2D eigenvalue weighted by molar-refractivity contribution is 8.76. The number of hydrazone groups is 1. The molecule has 3 saturated carbocycles. The Labute approximate surface area is 571 Å². The van der Waals surface area contributed by atoms with Crippen LogP contribution in [0.25, 0.3) is 0 Å². The van der Waals surface area contributed by atoms with Gasteiger partial charge in [0, 0.05) is 62.7 Å². The third-order valence-electron chi connectivity index (χ3n) is 19.8. The quantitative estimate of drug-likeness (QED) is 0.00735. The van der Waals surface area contributed by atoms with Crippen LogP contribution in [0.5, 0.6) is 5.75 Å². The number of carbonyl (C=O) groups excluding carboxylic acids is 8. The molecule has 4 aromatic carbocycles. The summed E-state index contributed by atoms with van der Waals surface area (Å²) in [6, 6.07) is 35.5. The number of carbonyl (C=O) groups is 8. The number of aliphatic hydroxyl groups is 3. The van der Waals surface area contributed by atoms with Gasteiger partial charge in [-0.25, -0.2) is 19.6 Å². The summed E-state index contributed by atoms with van der Waals surface area (Å²) >= 11 is 0. The topological polar surface area (TPSA) is 305 Å². The number of rotatable bonds is 24. The summed E-state index contributed by atoms with van der Waals surface area (Å²) in [7, 11) is 4.65. The second-order valence-electron chi connectivity index (χ2n) is 26.1. The van der Waals surface area contributed by atoms with Gasteiger partial charge in [-0.1, -0.05) is 110 Å². The Morgan fingerprint density at radius 3 is 2.10 bits per heavy atom. The van der Waals surface area contributed by atoms with Gasteiger partial charge >= 0.3 is 23.9 Å². The van der Waals surface area contributed by atoms with Crippen molar-refractivity contribution in [3.63, 3.8) is 0 Å². The predicted molar refractivity (Wildman–Crippen MR) is 359 cm³/mol. The minimum absolute atomic E-state index is 0.0359. The van der Waals surface area contributed by atoms with E-state index in [1.165, 1.54) is 51.9 Å². The number of Topliss-reactive ketones (excluding diaryl/α,β-unsaturated/α-hetero) is 1. The first-order valence-electron chi connectivity index (χ1n) is 32.7. The first-order valence-corrected chi connectivity index (χ1v) is 35.0. The number of pyridine rings is 1. The highest BCUT2D eigenvalue weighted by atomic mass is 33.1. The van der Waals surface area contributed by atoms with E-state index in [4.69, 9.17) is 28.4 Å². The maximum Gasteiger partial charge on any atom is 0.350 e.